The molecule has 0 unspecified atom stereocenters. The Kier molecular flexibility index (Phi) is 4.11. The van der Waals surface area contributed by atoms with Crippen LogP contribution in [0.5, 0.6) is 0 Å². The van der Waals surface area contributed by atoms with Crippen LogP contribution in [0.1, 0.15) is 5.56 Å². The normalized spacial score (nSPS) is 10.4. The molecule has 0 radical (unpaired) electrons. The van der Waals surface area contributed by atoms with Crippen molar-refractivity contribution in [1.29, 1.82) is 0 Å². The zero-order valence-corrected chi connectivity index (χ0v) is 11.4. The molecule has 0 saturated carbocycles. The molecule has 1 heterocycles. The molecule has 0 atom stereocenters. The summed E-state index contributed by atoms with van der Waals surface area (Å²) in [5.41, 5.74) is 7.65. The second kappa shape index (κ2) is 5.79. The fraction of sp³-hybridized carbons (Fsp3) is 0.231. The van der Waals surface area contributed by atoms with Crippen molar-refractivity contribution < 1.29 is 4.39 Å². The average molecular weight is 278 g/mol. The second-order valence-electron chi connectivity index (χ2n) is 4.15. The summed E-state index contributed by atoms with van der Waals surface area (Å²) in [7, 11) is 0. The van der Waals surface area contributed by atoms with Crippen molar-refractivity contribution in [3.8, 4) is 0 Å². The van der Waals surface area contributed by atoms with Crippen molar-refractivity contribution in [2.75, 3.05) is 18.4 Å². The van der Waals surface area contributed by atoms with Crippen LogP contribution in [-0.2, 0) is 0 Å². The highest BCUT2D eigenvalue weighted by Crippen LogP contribution is 2.26. The van der Waals surface area contributed by atoms with Gasteiger partial charge in [-0.1, -0.05) is 0 Å². The number of hydrogen-bond donors (Lipinski definition) is 3. The number of hydrogen-bond acceptors (Lipinski definition) is 3. The minimum Gasteiger partial charge on any atom is -0.383 e. The van der Waals surface area contributed by atoms with E-state index in [4.69, 9.17) is 18.0 Å². The van der Waals surface area contributed by atoms with Crippen molar-refractivity contribution in [2.45, 2.75) is 6.92 Å². The van der Waals surface area contributed by atoms with E-state index in [0.29, 0.717) is 24.0 Å². The molecule has 0 bridgehead atoms. The van der Waals surface area contributed by atoms with Crippen LogP contribution in [-0.4, -0.2) is 23.2 Å². The van der Waals surface area contributed by atoms with Gasteiger partial charge in [-0.15, -0.1) is 0 Å². The first-order valence-electron chi connectivity index (χ1n) is 5.90. The van der Waals surface area contributed by atoms with Gasteiger partial charge in [-0.2, -0.15) is 0 Å². The van der Waals surface area contributed by atoms with Crippen LogP contribution in [0.2, 0.25) is 0 Å². The number of fused-ring (bicyclic) bond motifs is 1. The van der Waals surface area contributed by atoms with Gasteiger partial charge in [0.1, 0.15) is 5.82 Å². The maximum absolute atomic E-state index is 13.9. The molecule has 2 aromatic rings. The van der Waals surface area contributed by atoms with Crippen molar-refractivity contribution >= 4 is 33.9 Å². The summed E-state index contributed by atoms with van der Waals surface area (Å²) in [4.78, 5) is 4.22. The number of pyridine rings is 1. The number of nitrogens with zero attached hydrogens (tertiary/aromatic N) is 1. The van der Waals surface area contributed by atoms with E-state index in [-0.39, 0.29) is 10.9 Å². The van der Waals surface area contributed by atoms with Gasteiger partial charge in [-0.25, -0.2) is 4.39 Å². The predicted octanol–water partition coefficient (Wildman–Crippen LogP) is 1.93. The molecule has 0 aliphatic rings. The molecule has 1 aromatic carbocycles. The van der Waals surface area contributed by atoms with Crippen molar-refractivity contribution in [1.82, 2.24) is 10.3 Å². The fourth-order valence-electron chi connectivity index (χ4n) is 1.90. The fourth-order valence-corrected chi connectivity index (χ4v) is 2.01. The summed E-state index contributed by atoms with van der Waals surface area (Å²) in [5.74, 6) is -0.279. The zero-order valence-electron chi connectivity index (χ0n) is 10.5. The van der Waals surface area contributed by atoms with Gasteiger partial charge >= 0.3 is 0 Å². The Labute approximate surface area is 116 Å². The molecule has 2 rings (SSSR count). The number of rotatable bonds is 4. The van der Waals surface area contributed by atoms with Gasteiger partial charge in [0.15, 0.2) is 5.11 Å². The standard InChI is InChI=1S/C13H15FN4S/c1-8-11(16-5-6-18-13(15)19)7-10(14)9-3-2-4-17-12(8)9/h2-4,7,16H,5-6H2,1H3,(H3,15,18,19). The second-order valence-corrected chi connectivity index (χ2v) is 4.59. The Bertz CT molecular complexity index is 615. The van der Waals surface area contributed by atoms with Crippen LogP contribution in [0.3, 0.4) is 0 Å². The summed E-state index contributed by atoms with van der Waals surface area (Å²) in [6, 6.07) is 4.94. The molecule has 0 amide bonds. The molecule has 19 heavy (non-hydrogen) atoms. The van der Waals surface area contributed by atoms with Gasteiger partial charge in [0, 0.05) is 30.4 Å². The van der Waals surface area contributed by atoms with E-state index in [9.17, 15) is 4.39 Å². The number of aryl methyl sites for hydroxylation is 1. The summed E-state index contributed by atoms with van der Waals surface area (Å²) >= 11 is 4.70. The average Bonchev–Trinajstić information content (AvgIpc) is 2.40. The molecule has 1 aromatic heterocycles. The first-order valence-corrected chi connectivity index (χ1v) is 6.31. The third-order valence-electron chi connectivity index (χ3n) is 2.83. The van der Waals surface area contributed by atoms with Gasteiger partial charge in [-0.3, -0.25) is 4.98 Å². The zero-order chi connectivity index (χ0) is 13.8. The van der Waals surface area contributed by atoms with Crippen molar-refractivity contribution in [3.63, 3.8) is 0 Å². The molecule has 0 aliphatic carbocycles. The maximum Gasteiger partial charge on any atom is 0.163 e. The Morgan fingerprint density at radius 1 is 1.47 bits per heavy atom. The summed E-state index contributed by atoms with van der Waals surface area (Å²) in [6.45, 7) is 3.09. The SMILES string of the molecule is Cc1c(NCCNC(N)=S)cc(F)c2cccnc12. The highest BCUT2D eigenvalue weighted by Gasteiger charge is 2.09. The number of nitrogens with two attached hydrogens (primary N) is 1. The van der Waals surface area contributed by atoms with Gasteiger partial charge in [0.25, 0.3) is 0 Å². The molecule has 0 fully saturated rings. The maximum atomic E-state index is 13.9. The molecular weight excluding hydrogens is 263 g/mol. The molecule has 0 spiro atoms. The summed E-state index contributed by atoms with van der Waals surface area (Å²) in [5, 5.41) is 6.76. The highest BCUT2D eigenvalue weighted by molar-refractivity contribution is 7.80. The molecule has 6 heteroatoms. The Hall–Kier alpha value is -1.95. The van der Waals surface area contributed by atoms with Crippen LogP contribution in [0.4, 0.5) is 10.1 Å². The largest absolute Gasteiger partial charge is 0.383 e. The van der Waals surface area contributed by atoms with E-state index in [1.165, 1.54) is 6.07 Å². The van der Waals surface area contributed by atoms with Crippen molar-refractivity contribution in [3.05, 3.63) is 35.8 Å². The van der Waals surface area contributed by atoms with Gasteiger partial charge in [-0.05, 0) is 42.9 Å². The molecular formula is C13H15FN4S. The van der Waals surface area contributed by atoms with Gasteiger partial charge < -0.3 is 16.4 Å². The first-order chi connectivity index (χ1) is 9.09. The number of halogens is 1. The predicted molar refractivity (Wildman–Crippen MR) is 79.7 cm³/mol. The van der Waals surface area contributed by atoms with E-state index in [0.717, 1.165) is 11.3 Å². The Balaban J connectivity index is 2.19. The number of thiocarbonyl (C=S) groups is 1. The molecule has 4 nitrogen and oxygen atoms in total. The topological polar surface area (TPSA) is 63.0 Å². The lowest BCUT2D eigenvalue weighted by Gasteiger charge is -2.12. The number of benzene rings is 1. The third-order valence-corrected chi connectivity index (χ3v) is 2.98. The van der Waals surface area contributed by atoms with Crippen LogP contribution in [0.15, 0.2) is 24.4 Å². The van der Waals surface area contributed by atoms with E-state index in [1.54, 1.807) is 18.3 Å². The molecule has 4 N–H and O–H groups in total. The van der Waals surface area contributed by atoms with Crippen LogP contribution in [0, 0.1) is 12.7 Å². The Morgan fingerprint density at radius 3 is 3.00 bits per heavy atom. The van der Waals surface area contributed by atoms with Gasteiger partial charge in [0.2, 0.25) is 0 Å². The number of anilines is 1. The van der Waals surface area contributed by atoms with Crippen LogP contribution >= 0.6 is 12.2 Å². The lowest BCUT2D eigenvalue weighted by Crippen LogP contribution is -2.33. The van der Waals surface area contributed by atoms with E-state index < -0.39 is 0 Å². The summed E-state index contributed by atoms with van der Waals surface area (Å²) in [6.07, 6.45) is 1.66. The monoisotopic (exact) mass is 278 g/mol. The third kappa shape index (κ3) is 3.08. The van der Waals surface area contributed by atoms with E-state index in [2.05, 4.69) is 15.6 Å². The van der Waals surface area contributed by atoms with Crippen LogP contribution in [0.25, 0.3) is 10.9 Å². The van der Waals surface area contributed by atoms with E-state index >= 15 is 0 Å². The molecule has 0 saturated heterocycles. The highest BCUT2D eigenvalue weighted by atomic mass is 32.1. The summed E-state index contributed by atoms with van der Waals surface area (Å²) < 4.78 is 13.9. The molecule has 100 valence electrons. The van der Waals surface area contributed by atoms with E-state index in [1.807, 2.05) is 6.92 Å². The quantitative estimate of drug-likeness (QED) is 0.589. The molecule has 0 aliphatic heterocycles. The number of aromatic nitrogens is 1. The first kappa shape index (κ1) is 13.5. The minimum absolute atomic E-state index is 0.255. The van der Waals surface area contributed by atoms with Crippen LogP contribution < -0.4 is 16.4 Å². The van der Waals surface area contributed by atoms with Gasteiger partial charge in [0.05, 0.1) is 5.52 Å². The van der Waals surface area contributed by atoms with Crippen molar-refractivity contribution in [2.24, 2.45) is 5.73 Å². The smallest absolute Gasteiger partial charge is 0.163 e. The number of nitrogens with one attached hydrogen (secondary N) is 2. The lowest BCUT2D eigenvalue weighted by molar-refractivity contribution is 0.639. The lowest BCUT2D eigenvalue weighted by atomic mass is 10.1. The Morgan fingerprint density at radius 2 is 2.26 bits per heavy atom. The minimum atomic E-state index is -0.279.